The van der Waals surface area contributed by atoms with Gasteiger partial charge in [-0.25, -0.2) is 4.39 Å². The SMILES string of the molecule is COc1ccc(NCc2cc(Br)ccc2OCc2ccc(F)cc2Cl)cc1. The van der Waals surface area contributed by atoms with Crippen LogP contribution in [0.2, 0.25) is 5.02 Å². The summed E-state index contributed by atoms with van der Waals surface area (Å²) in [4.78, 5) is 0. The summed E-state index contributed by atoms with van der Waals surface area (Å²) in [6, 6.07) is 17.8. The molecule has 0 aromatic heterocycles. The molecule has 6 heteroatoms. The highest BCUT2D eigenvalue weighted by atomic mass is 79.9. The predicted molar refractivity (Wildman–Crippen MR) is 110 cm³/mol. The molecular formula is C21H18BrClFNO2. The summed E-state index contributed by atoms with van der Waals surface area (Å²) in [6.07, 6.45) is 0. The van der Waals surface area contributed by atoms with Crippen molar-refractivity contribution in [1.82, 2.24) is 0 Å². The van der Waals surface area contributed by atoms with Crippen LogP contribution in [-0.4, -0.2) is 7.11 Å². The van der Waals surface area contributed by atoms with Crippen LogP contribution in [0.15, 0.2) is 65.1 Å². The van der Waals surface area contributed by atoms with Gasteiger partial charge in [0, 0.05) is 27.8 Å². The quantitative estimate of drug-likeness (QED) is 0.449. The van der Waals surface area contributed by atoms with Crippen molar-refractivity contribution in [3.8, 4) is 11.5 Å². The zero-order chi connectivity index (χ0) is 19.2. The van der Waals surface area contributed by atoms with E-state index in [0.29, 0.717) is 11.6 Å². The lowest BCUT2D eigenvalue weighted by molar-refractivity contribution is 0.303. The Hall–Kier alpha value is -2.24. The van der Waals surface area contributed by atoms with Gasteiger partial charge in [0.05, 0.1) is 12.1 Å². The molecule has 0 radical (unpaired) electrons. The average molecular weight is 451 g/mol. The van der Waals surface area contributed by atoms with Crippen molar-refractivity contribution in [3.63, 3.8) is 0 Å². The van der Waals surface area contributed by atoms with Gasteiger partial charge in [0.2, 0.25) is 0 Å². The van der Waals surface area contributed by atoms with E-state index < -0.39 is 0 Å². The van der Waals surface area contributed by atoms with Crippen molar-refractivity contribution in [2.24, 2.45) is 0 Å². The lowest BCUT2D eigenvalue weighted by Crippen LogP contribution is -2.04. The Labute approximate surface area is 171 Å². The minimum Gasteiger partial charge on any atom is -0.497 e. The van der Waals surface area contributed by atoms with E-state index in [1.807, 2.05) is 42.5 Å². The van der Waals surface area contributed by atoms with Crippen LogP contribution < -0.4 is 14.8 Å². The fraction of sp³-hybridized carbons (Fsp3) is 0.143. The number of ether oxygens (including phenoxy) is 2. The fourth-order valence-electron chi connectivity index (χ4n) is 2.53. The summed E-state index contributed by atoms with van der Waals surface area (Å²) < 4.78 is 25.2. The number of methoxy groups -OCH3 is 1. The number of rotatable bonds is 7. The van der Waals surface area contributed by atoms with Gasteiger partial charge in [-0.1, -0.05) is 33.6 Å². The van der Waals surface area contributed by atoms with Crippen molar-refractivity contribution in [2.75, 3.05) is 12.4 Å². The molecule has 1 N–H and O–H groups in total. The van der Waals surface area contributed by atoms with E-state index >= 15 is 0 Å². The molecule has 0 saturated heterocycles. The van der Waals surface area contributed by atoms with Gasteiger partial charge >= 0.3 is 0 Å². The summed E-state index contributed by atoms with van der Waals surface area (Å²) in [5, 5.41) is 3.72. The van der Waals surface area contributed by atoms with Crippen molar-refractivity contribution in [2.45, 2.75) is 13.2 Å². The Morgan fingerprint density at radius 2 is 1.78 bits per heavy atom. The molecule has 140 valence electrons. The van der Waals surface area contributed by atoms with E-state index in [0.717, 1.165) is 32.8 Å². The van der Waals surface area contributed by atoms with E-state index in [2.05, 4.69) is 21.2 Å². The molecule has 0 aliphatic rings. The number of anilines is 1. The third-order valence-electron chi connectivity index (χ3n) is 3.99. The van der Waals surface area contributed by atoms with Crippen LogP contribution >= 0.6 is 27.5 Å². The number of halogens is 3. The van der Waals surface area contributed by atoms with E-state index in [1.165, 1.54) is 12.1 Å². The minimum atomic E-state index is -0.364. The normalized spacial score (nSPS) is 10.5. The van der Waals surface area contributed by atoms with Crippen LogP contribution in [0.1, 0.15) is 11.1 Å². The maximum atomic E-state index is 13.2. The van der Waals surface area contributed by atoms with Gasteiger partial charge in [-0.3, -0.25) is 0 Å². The molecule has 0 aliphatic heterocycles. The minimum absolute atomic E-state index is 0.260. The molecule has 0 aliphatic carbocycles. The van der Waals surface area contributed by atoms with Crippen LogP contribution in [0.25, 0.3) is 0 Å². The first-order chi connectivity index (χ1) is 13.0. The van der Waals surface area contributed by atoms with Gasteiger partial charge in [0.1, 0.15) is 23.9 Å². The van der Waals surface area contributed by atoms with Crippen LogP contribution in [0.4, 0.5) is 10.1 Å². The van der Waals surface area contributed by atoms with Crippen LogP contribution in [0.5, 0.6) is 11.5 Å². The summed E-state index contributed by atoms with van der Waals surface area (Å²) in [5.74, 6) is 1.18. The topological polar surface area (TPSA) is 30.5 Å². The smallest absolute Gasteiger partial charge is 0.124 e. The van der Waals surface area contributed by atoms with Crippen LogP contribution in [0.3, 0.4) is 0 Å². The highest BCUT2D eigenvalue weighted by Gasteiger charge is 2.08. The zero-order valence-electron chi connectivity index (χ0n) is 14.6. The van der Waals surface area contributed by atoms with Crippen molar-refractivity contribution < 1.29 is 13.9 Å². The van der Waals surface area contributed by atoms with Gasteiger partial charge in [-0.05, 0) is 54.6 Å². The number of benzene rings is 3. The lowest BCUT2D eigenvalue weighted by atomic mass is 10.2. The molecule has 27 heavy (non-hydrogen) atoms. The second-order valence-electron chi connectivity index (χ2n) is 5.86. The number of nitrogens with one attached hydrogen (secondary N) is 1. The Morgan fingerprint density at radius 3 is 2.48 bits per heavy atom. The Balaban J connectivity index is 1.70. The molecule has 0 spiro atoms. The Kier molecular flexibility index (Phi) is 6.58. The summed E-state index contributed by atoms with van der Waals surface area (Å²) in [6.45, 7) is 0.842. The molecule has 3 nitrogen and oxygen atoms in total. The van der Waals surface area contributed by atoms with Gasteiger partial charge in [0.25, 0.3) is 0 Å². The molecule has 0 saturated carbocycles. The van der Waals surface area contributed by atoms with E-state index in [4.69, 9.17) is 21.1 Å². The average Bonchev–Trinajstić information content (AvgIpc) is 2.67. The summed E-state index contributed by atoms with van der Waals surface area (Å²) >= 11 is 9.57. The molecule has 0 heterocycles. The highest BCUT2D eigenvalue weighted by Crippen LogP contribution is 2.27. The van der Waals surface area contributed by atoms with Crippen molar-refractivity contribution in [3.05, 3.63) is 87.1 Å². The molecule has 3 rings (SSSR count). The third kappa shape index (κ3) is 5.37. The first-order valence-electron chi connectivity index (χ1n) is 8.28. The highest BCUT2D eigenvalue weighted by molar-refractivity contribution is 9.10. The van der Waals surface area contributed by atoms with Gasteiger partial charge < -0.3 is 14.8 Å². The number of hydrogen-bond donors (Lipinski definition) is 1. The maximum Gasteiger partial charge on any atom is 0.124 e. The Morgan fingerprint density at radius 1 is 1.00 bits per heavy atom. The summed E-state index contributed by atoms with van der Waals surface area (Å²) in [5.41, 5.74) is 2.69. The zero-order valence-corrected chi connectivity index (χ0v) is 17.0. The van der Waals surface area contributed by atoms with Gasteiger partial charge in [-0.15, -0.1) is 0 Å². The van der Waals surface area contributed by atoms with Crippen LogP contribution in [-0.2, 0) is 13.2 Å². The second-order valence-corrected chi connectivity index (χ2v) is 7.18. The maximum absolute atomic E-state index is 13.2. The first-order valence-corrected chi connectivity index (χ1v) is 9.45. The molecule has 0 unspecified atom stereocenters. The third-order valence-corrected chi connectivity index (χ3v) is 4.84. The van der Waals surface area contributed by atoms with Gasteiger partial charge in [0.15, 0.2) is 0 Å². The molecule has 0 atom stereocenters. The van der Waals surface area contributed by atoms with E-state index in [1.54, 1.807) is 13.2 Å². The fourth-order valence-corrected chi connectivity index (χ4v) is 3.16. The number of hydrogen-bond acceptors (Lipinski definition) is 3. The first kappa shape index (κ1) is 19.5. The van der Waals surface area contributed by atoms with Gasteiger partial charge in [-0.2, -0.15) is 0 Å². The standard InChI is InChI=1S/C21H18BrClFNO2/c1-26-19-7-5-18(6-8-19)25-12-15-10-16(22)3-9-21(15)27-13-14-2-4-17(24)11-20(14)23/h2-11,25H,12-13H2,1H3. The molecule has 3 aromatic carbocycles. The monoisotopic (exact) mass is 449 g/mol. The Bertz CT molecular complexity index is 919. The lowest BCUT2D eigenvalue weighted by Gasteiger charge is -2.14. The van der Waals surface area contributed by atoms with E-state index in [9.17, 15) is 4.39 Å². The summed E-state index contributed by atoms with van der Waals surface area (Å²) in [7, 11) is 1.64. The molecule has 0 fully saturated rings. The molecule has 0 bridgehead atoms. The predicted octanol–water partition coefficient (Wildman–Crippen LogP) is 6.44. The van der Waals surface area contributed by atoms with Crippen LogP contribution in [0, 0.1) is 5.82 Å². The second kappa shape index (κ2) is 9.11. The van der Waals surface area contributed by atoms with Crippen molar-refractivity contribution in [1.29, 1.82) is 0 Å². The molecule has 0 amide bonds. The van der Waals surface area contributed by atoms with E-state index in [-0.39, 0.29) is 12.4 Å². The largest absolute Gasteiger partial charge is 0.497 e. The molecule has 3 aromatic rings. The van der Waals surface area contributed by atoms with Crippen molar-refractivity contribution >= 4 is 33.2 Å². The molecular weight excluding hydrogens is 433 g/mol.